The van der Waals surface area contributed by atoms with Gasteiger partial charge in [-0.1, -0.05) is 32.4 Å². The molecule has 8 nitrogen and oxygen atoms in total. The molecule has 2 saturated carbocycles. The van der Waals surface area contributed by atoms with Crippen LogP contribution in [0.15, 0.2) is 23.1 Å². The molecule has 5 rings (SSSR count). The Hall–Kier alpha value is -2.16. The molecule has 2 bridgehead atoms. The monoisotopic (exact) mass is 445 g/mol. The number of rotatable bonds is 2. The van der Waals surface area contributed by atoms with E-state index in [-0.39, 0.29) is 47.5 Å². The summed E-state index contributed by atoms with van der Waals surface area (Å²) in [5.74, 6) is -0.165. The third kappa shape index (κ3) is 2.99. The van der Waals surface area contributed by atoms with Crippen LogP contribution in [0.2, 0.25) is 0 Å². The van der Waals surface area contributed by atoms with Crippen molar-refractivity contribution < 1.29 is 30.1 Å². The number of aliphatic hydroxyl groups is 3. The molecule has 9 atom stereocenters. The number of aromatic nitrogens is 1. The van der Waals surface area contributed by atoms with Gasteiger partial charge in [-0.3, -0.25) is 9.59 Å². The molecule has 174 valence electrons. The van der Waals surface area contributed by atoms with E-state index >= 15 is 0 Å². The lowest BCUT2D eigenvalue weighted by Gasteiger charge is -2.48. The summed E-state index contributed by atoms with van der Waals surface area (Å²) in [6, 6.07) is 0. The zero-order chi connectivity index (χ0) is 22.9. The van der Waals surface area contributed by atoms with Crippen molar-refractivity contribution in [3.05, 3.63) is 39.8 Å². The average Bonchev–Trinajstić information content (AvgIpc) is 2.75. The molecule has 1 aliphatic heterocycles. The highest BCUT2D eigenvalue weighted by Gasteiger charge is 2.56. The Morgan fingerprint density at radius 2 is 1.94 bits per heavy atom. The molecule has 4 N–H and O–H groups in total. The number of carbonyl (C=O) groups excluding carboxylic acids is 1. The van der Waals surface area contributed by atoms with E-state index in [4.69, 9.17) is 4.74 Å². The van der Waals surface area contributed by atoms with Crippen LogP contribution in [0.25, 0.3) is 0 Å². The summed E-state index contributed by atoms with van der Waals surface area (Å²) >= 11 is 0. The molecule has 0 spiro atoms. The number of pyridine rings is 1. The fraction of sp³-hybridized carbons (Fsp3) is 0.667. The number of carbonyl (C=O) groups is 1. The minimum Gasteiger partial charge on any atom is -0.483 e. The van der Waals surface area contributed by atoms with E-state index < -0.39 is 41.2 Å². The molecule has 2 heterocycles. The van der Waals surface area contributed by atoms with Gasteiger partial charge in [0.15, 0.2) is 11.9 Å². The minimum atomic E-state index is -1.83. The maximum atomic E-state index is 13.9. The van der Waals surface area contributed by atoms with Crippen molar-refractivity contribution in [3.8, 4) is 5.75 Å². The van der Waals surface area contributed by atoms with Crippen LogP contribution in [-0.2, 0) is 5.60 Å². The topological polar surface area (TPSA) is 129 Å². The van der Waals surface area contributed by atoms with Crippen molar-refractivity contribution in [1.29, 1.82) is 0 Å². The summed E-state index contributed by atoms with van der Waals surface area (Å²) in [5, 5.41) is 42.5. The highest BCUT2D eigenvalue weighted by molar-refractivity contribution is 6.01. The number of fused-ring (bicyclic) bond motifs is 5. The molecule has 1 aromatic heterocycles. The lowest BCUT2D eigenvalue weighted by atomic mass is 9.61. The number of hydrogen-bond acceptors (Lipinski definition) is 7. The van der Waals surface area contributed by atoms with Crippen molar-refractivity contribution in [2.45, 2.75) is 69.9 Å². The SMILES string of the molecule is C[C@@H]1CC[C@H]2[C@H](C(=O)c3c4c(cn(O)c3=O)[C@@]3(O)CC[C@H](O)[C@H](O4)[C@@H]3O)[C@H](C)C=C[C@@H]2C1. The Balaban J connectivity index is 1.64. The quantitative estimate of drug-likeness (QED) is 0.309. The lowest BCUT2D eigenvalue weighted by Crippen LogP contribution is -2.61. The average molecular weight is 446 g/mol. The van der Waals surface area contributed by atoms with Gasteiger partial charge in [-0.05, 0) is 49.4 Å². The third-order valence-corrected chi connectivity index (χ3v) is 8.32. The first kappa shape index (κ1) is 21.7. The minimum absolute atomic E-state index is 0.00595. The summed E-state index contributed by atoms with van der Waals surface area (Å²) < 4.78 is 6.14. The Morgan fingerprint density at radius 1 is 1.19 bits per heavy atom. The van der Waals surface area contributed by atoms with Crippen molar-refractivity contribution in [1.82, 2.24) is 4.73 Å². The van der Waals surface area contributed by atoms with Crippen LogP contribution in [0, 0.1) is 29.6 Å². The molecule has 2 fully saturated rings. The first-order valence-corrected chi connectivity index (χ1v) is 11.6. The standard InChI is InChI=1S/C24H31NO7/c1-11-3-6-14-13(9-11)5-4-12(2)17(14)19(27)18-20-15(10-25(31)23(18)29)24(30)8-7-16(26)21(32-20)22(24)28/h4-5,10-14,16-17,21-22,26,28,30-31H,3,6-9H2,1-2H3/t11-,12-,13-,14-,16+,17-,21+,22+,24+/m1/s1. The summed E-state index contributed by atoms with van der Waals surface area (Å²) in [5.41, 5.74) is -3.04. The van der Waals surface area contributed by atoms with Gasteiger partial charge in [0.05, 0.1) is 12.3 Å². The maximum Gasteiger partial charge on any atom is 0.297 e. The van der Waals surface area contributed by atoms with Crippen LogP contribution in [0.1, 0.15) is 61.9 Å². The molecule has 1 aromatic rings. The van der Waals surface area contributed by atoms with E-state index in [0.29, 0.717) is 10.6 Å². The van der Waals surface area contributed by atoms with Gasteiger partial charge in [-0.2, -0.15) is 4.73 Å². The van der Waals surface area contributed by atoms with Crippen LogP contribution in [0.3, 0.4) is 0 Å². The first-order valence-electron chi connectivity index (χ1n) is 11.6. The van der Waals surface area contributed by atoms with E-state index in [9.17, 15) is 30.1 Å². The number of allylic oxidation sites excluding steroid dienone is 2. The number of ketones is 1. The van der Waals surface area contributed by atoms with E-state index in [1.54, 1.807) is 0 Å². The Kier molecular flexibility index (Phi) is 5.03. The number of ether oxygens (including phenoxy) is 1. The number of Topliss-reactive ketones (excluding diaryl/α,β-unsaturated/α-hetero) is 1. The largest absolute Gasteiger partial charge is 0.483 e. The molecule has 0 saturated heterocycles. The smallest absolute Gasteiger partial charge is 0.297 e. The predicted molar refractivity (Wildman–Crippen MR) is 114 cm³/mol. The normalized spacial score (nSPS) is 42.5. The van der Waals surface area contributed by atoms with Crippen LogP contribution >= 0.6 is 0 Å². The second-order valence-corrected chi connectivity index (χ2v) is 10.3. The Bertz CT molecular complexity index is 1030. The van der Waals surface area contributed by atoms with Gasteiger partial charge in [-0.15, -0.1) is 0 Å². The van der Waals surface area contributed by atoms with E-state index in [1.165, 1.54) is 0 Å². The molecule has 0 radical (unpaired) electrons. The highest BCUT2D eigenvalue weighted by Crippen LogP contribution is 2.50. The molecule has 32 heavy (non-hydrogen) atoms. The van der Waals surface area contributed by atoms with Crippen LogP contribution in [0.4, 0.5) is 0 Å². The number of hydrogen-bond donors (Lipinski definition) is 4. The molecule has 0 amide bonds. The van der Waals surface area contributed by atoms with Crippen LogP contribution in [0.5, 0.6) is 5.75 Å². The fourth-order valence-corrected chi connectivity index (χ4v) is 6.51. The van der Waals surface area contributed by atoms with Gasteiger partial charge in [0.25, 0.3) is 5.56 Å². The second kappa shape index (κ2) is 7.43. The number of aliphatic hydroxyl groups excluding tert-OH is 2. The van der Waals surface area contributed by atoms with Gasteiger partial charge in [0.1, 0.15) is 23.0 Å². The van der Waals surface area contributed by atoms with Gasteiger partial charge < -0.3 is 25.3 Å². The van der Waals surface area contributed by atoms with Crippen molar-refractivity contribution in [3.63, 3.8) is 0 Å². The van der Waals surface area contributed by atoms with Crippen LogP contribution < -0.4 is 10.3 Å². The predicted octanol–water partition coefficient (Wildman–Crippen LogP) is 1.61. The van der Waals surface area contributed by atoms with Gasteiger partial charge in [-0.25, -0.2) is 0 Å². The van der Waals surface area contributed by atoms with Gasteiger partial charge in [0, 0.05) is 11.5 Å². The van der Waals surface area contributed by atoms with Crippen molar-refractivity contribution in [2.24, 2.45) is 29.6 Å². The van der Waals surface area contributed by atoms with Crippen LogP contribution in [-0.4, -0.2) is 49.4 Å². The first-order chi connectivity index (χ1) is 15.1. The number of nitrogens with zero attached hydrogens (tertiary/aromatic N) is 1. The van der Waals surface area contributed by atoms with E-state index in [0.717, 1.165) is 25.5 Å². The summed E-state index contributed by atoms with van der Waals surface area (Å²) in [6.45, 7) is 4.16. The van der Waals surface area contributed by atoms with Crippen molar-refractivity contribution >= 4 is 5.78 Å². The maximum absolute atomic E-state index is 13.9. The zero-order valence-electron chi connectivity index (χ0n) is 18.3. The molecule has 3 aliphatic carbocycles. The molecule has 0 unspecified atom stereocenters. The summed E-state index contributed by atoms with van der Waals surface area (Å²) in [7, 11) is 0. The fourth-order valence-electron chi connectivity index (χ4n) is 6.51. The molecule has 4 aliphatic rings. The molecule has 0 aromatic carbocycles. The van der Waals surface area contributed by atoms with Crippen molar-refractivity contribution in [2.75, 3.05) is 0 Å². The highest BCUT2D eigenvalue weighted by atomic mass is 16.5. The van der Waals surface area contributed by atoms with E-state index in [1.807, 2.05) is 13.0 Å². The zero-order valence-corrected chi connectivity index (χ0v) is 18.3. The summed E-state index contributed by atoms with van der Waals surface area (Å²) in [6.07, 6.45) is 4.67. The van der Waals surface area contributed by atoms with Gasteiger partial charge >= 0.3 is 0 Å². The molecule has 8 heteroatoms. The molecular weight excluding hydrogens is 414 g/mol. The Labute approximate surface area is 186 Å². The lowest BCUT2D eigenvalue weighted by molar-refractivity contribution is -0.198. The molecular formula is C24H31NO7. The third-order valence-electron chi connectivity index (χ3n) is 8.32. The van der Waals surface area contributed by atoms with E-state index in [2.05, 4.69) is 13.0 Å². The second-order valence-electron chi connectivity index (χ2n) is 10.3. The Morgan fingerprint density at radius 3 is 2.69 bits per heavy atom. The van der Waals surface area contributed by atoms with Gasteiger partial charge in [0.2, 0.25) is 0 Å². The summed E-state index contributed by atoms with van der Waals surface area (Å²) in [4.78, 5) is 27.0.